The van der Waals surface area contributed by atoms with E-state index in [0.29, 0.717) is 19.4 Å². The second kappa shape index (κ2) is 8.60. The van der Waals surface area contributed by atoms with Gasteiger partial charge in [0, 0.05) is 38.5 Å². The van der Waals surface area contributed by atoms with Gasteiger partial charge in [0.15, 0.2) is 0 Å². The third-order valence-electron chi connectivity index (χ3n) is 4.50. The van der Waals surface area contributed by atoms with Crippen LogP contribution < -0.4 is 10.6 Å². The molecule has 138 valence electrons. The summed E-state index contributed by atoms with van der Waals surface area (Å²) in [6, 6.07) is 7.30. The second-order valence-electron chi connectivity index (χ2n) is 6.65. The lowest BCUT2D eigenvalue weighted by Crippen LogP contribution is -2.28. The SMILES string of the molecule is CC(=O)Nc1ccc(CC(=O)NCCc2nnc3n2CCCCC3)cc1. The predicted octanol–water partition coefficient (Wildman–Crippen LogP) is 1.86. The summed E-state index contributed by atoms with van der Waals surface area (Å²) < 4.78 is 2.21. The van der Waals surface area contributed by atoms with Crippen molar-refractivity contribution < 1.29 is 9.59 Å². The van der Waals surface area contributed by atoms with Gasteiger partial charge in [-0.3, -0.25) is 9.59 Å². The number of nitrogens with one attached hydrogen (secondary N) is 2. The fourth-order valence-corrected chi connectivity index (χ4v) is 3.20. The largest absolute Gasteiger partial charge is 0.355 e. The van der Waals surface area contributed by atoms with Gasteiger partial charge in [-0.2, -0.15) is 0 Å². The Morgan fingerprint density at radius 3 is 2.69 bits per heavy atom. The number of amides is 2. The number of rotatable bonds is 6. The Morgan fingerprint density at radius 1 is 1.12 bits per heavy atom. The molecule has 0 aliphatic carbocycles. The highest BCUT2D eigenvalue weighted by molar-refractivity contribution is 5.88. The quantitative estimate of drug-likeness (QED) is 0.828. The fourth-order valence-electron chi connectivity index (χ4n) is 3.20. The highest BCUT2D eigenvalue weighted by Gasteiger charge is 2.14. The first kappa shape index (κ1) is 18.1. The van der Waals surface area contributed by atoms with Crippen LogP contribution in [0.25, 0.3) is 0 Å². The van der Waals surface area contributed by atoms with Crippen LogP contribution in [0.2, 0.25) is 0 Å². The Bertz CT molecular complexity index is 767. The maximum absolute atomic E-state index is 12.1. The van der Waals surface area contributed by atoms with E-state index in [2.05, 4.69) is 25.4 Å². The summed E-state index contributed by atoms with van der Waals surface area (Å²) in [5.74, 6) is 1.90. The van der Waals surface area contributed by atoms with Crippen LogP contribution in [0.15, 0.2) is 24.3 Å². The molecule has 0 unspecified atom stereocenters. The molecular weight excluding hydrogens is 330 g/mol. The lowest BCUT2D eigenvalue weighted by Gasteiger charge is -2.08. The highest BCUT2D eigenvalue weighted by atomic mass is 16.2. The average Bonchev–Trinajstić information content (AvgIpc) is 2.83. The van der Waals surface area contributed by atoms with Crippen LogP contribution in [-0.2, 0) is 35.4 Å². The summed E-state index contributed by atoms with van der Waals surface area (Å²) in [5, 5.41) is 14.2. The number of hydrogen-bond donors (Lipinski definition) is 2. The van der Waals surface area contributed by atoms with Crippen LogP contribution in [-0.4, -0.2) is 33.1 Å². The van der Waals surface area contributed by atoms with Gasteiger partial charge in [0.25, 0.3) is 0 Å². The van der Waals surface area contributed by atoms with Gasteiger partial charge in [0.2, 0.25) is 11.8 Å². The molecule has 26 heavy (non-hydrogen) atoms. The molecule has 2 aromatic rings. The summed E-state index contributed by atoms with van der Waals surface area (Å²) in [5.41, 5.74) is 1.64. The number of hydrogen-bond acceptors (Lipinski definition) is 4. The van der Waals surface area contributed by atoms with Crippen molar-refractivity contribution in [2.45, 2.75) is 52.0 Å². The normalized spacial score (nSPS) is 13.6. The molecule has 0 bridgehead atoms. The number of nitrogens with zero attached hydrogens (tertiary/aromatic N) is 3. The van der Waals surface area contributed by atoms with Crippen molar-refractivity contribution in [1.82, 2.24) is 20.1 Å². The molecule has 0 saturated carbocycles. The molecule has 1 aliphatic rings. The van der Waals surface area contributed by atoms with Gasteiger partial charge >= 0.3 is 0 Å². The molecule has 3 rings (SSSR count). The molecule has 1 aliphatic heterocycles. The van der Waals surface area contributed by atoms with E-state index in [9.17, 15) is 9.59 Å². The van der Waals surface area contributed by atoms with Crippen molar-refractivity contribution in [3.05, 3.63) is 41.5 Å². The molecule has 0 atom stereocenters. The molecule has 2 N–H and O–H groups in total. The number of benzene rings is 1. The van der Waals surface area contributed by atoms with Gasteiger partial charge < -0.3 is 15.2 Å². The van der Waals surface area contributed by atoms with E-state index in [1.807, 2.05) is 12.1 Å². The number of aromatic nitrogens is 3. The topological polar surface area (TPSA) is 88.9 Å². The summed E-state index contributed by atoms with van der Waals surface area (Å²) in [6.07, 6.45) is 5.58. The predicted molar refractivity (Wildman–Crippen MR) is 98.7 cm³/mol. The van der Waals surface area contributed by atoms with E-state index in [-0.39, 0.29) is 11.8 Å². The van der Waals surface area contributed by atoms with Crippen LogP contribution in [0.5, 0.6) is 0 Å². The van der Waals surface area contributed by atoms with Gasteiger partial charge in [-0.1, -0.05) is 18.6 Å². The van der Waals surface area contributed by atoms with Crippen molar-refractivity contribution in [1.29, 1.82) is 0 Å². The Balaban J connectivity index is 1.46. The zero-order chi connectivity index (χ0) is 18.4. The average molecular weight is 355 g/mol. The Hall–Kier alpha value is -2.70. The van der Waals surface area contributed by atoms with Crippen LogP contribution in [0, 0.1) is 0 Å². The molecule has 2 heterocycles. The lowest BCUT2D eigenvalue weighted by atomic mass is 10.1. The first-order valence-electron chi connectivity index (χ1n) is 9.16. The summed E-state index contributed by atoms with van der Waals surface area (Å²) in [7, 11) is 0. The number of carbonyl (C=O) groups excluding carboxylic acids is 2. The molecule has 0 saturated heterocycles. The van der Waals surface area contributed by atoms with E-state index in [1.54, 1.807) is 12.1 Å². The number of fused-ring (bicyclic) bond motifs is 1. The minimum Gasteiger partial charge on any atom is -0.355 e. The maximum atomic E-state index is 12.1. The molecule has 0 radical (unpaired) electrons. The first-order chi connectivity index (χ1) is 12.6. The van der Waals surface area contributed by atoms with E-state index in [0.717, 1.165) is 35.9 Å². The monoisotopic (exact) mass is 355 g/mol. The van der Waals surface area contributed by atoms with Crippen molar-refractivity contribution >= 4 is 17.5 Å². The van der Waals surface area contributed by atoms with Crippen molar-refractivity contribution in [2.75, 3.05) is 11.9 Å². The number of aryl methyl sites for hydroxylation is 1. The molecular formula is C19H25N5O2. The van der Waals surface area contributed by atoms with Crippen LogP contribution in [0.3, 0.4) is 0 Å². The van der Waals surface area contributed by atoms with Crippen molar-refractivity contribution in [3.8, 4) is 0 Å². The second-order valence-corrected chi connectivity index (χ2v) is 6.65. The van der Waals surface area contributed by atoms with Crippen molar-refractivity contribution in [3.63, 3.8) is 0 Å². The number of carbonyl (C=O) groups is 2. The Kier molecular flexibility index (Phi) is 5.99. The minimum atomic E-state index is -0.109. The maximum Gasteiger partial charge on any atom is 0.224 e. The van der Waals surface area contributed by atoms with Gasteiger partial charge in [-0.15, -0.1) is 10.2 Å². The smallest absolute Gasteiger partial charge is 0.224 e. The van der Waals surface area contributed by atoms with Gasteiger partial charge in [0.1, 0.15) is 11.6 Å². The summed E-state index contributed by atoms with van der Waals surface area (Å²) >= 11 is 0. The molecule has 1 aromatic carbocycles. The van der Waals surface area contributed by atoms with Crippen LogP contribution >= 0.6 is 0 Å². The summed E-state index contributed by atoms with van der Waals surface area (Å²) in [4.78, 5) is 23.1. The van der Waals surface area contributed by atoms with Crippen LogP contribution in [0.4, 0.5) is 5.69 Å². The molecule has 0 fully saturated rings. The third-order valence-corrected chi connectivity index (χ3v) is 4.50. The zero-order valence-electron chi connectivity index (χ0n) is 15.1. The lowest BCUT2D eigenvalue weighted by molar-refractivity contribution is -0.120. The highest BCUT2D eigenvalue weighted by Crippen LogP contribution is 2.14. The molecule has 2 amide bonds. The Labute approximate surface area is 153 Å². The van der Waals surface area contributed by atoms with E-state index < -0.39 is 0 Å². The van der Waals surface area contributed by atoms with E-state index >= 15 is 0 Å². The van der Waals surface area contributed by atoms with Crippen LogP contribution in [0.1, 0.15) is 43.4 Å². The molecule has 1 aromatic heterocycles. The Morgan fingerprint density at radius 2 is 1.92 bits per heavy atom. The molecule has 0 spiro atoms. The van der Waals surface area contributed by atoms with E-state index in [4.69, 9.17) is 0 Å². The van der Waals surface area contributed by atoms with E-state index in [1.165, 1.54) is 26.2 Å². The third kappa shape index (κ3) is 4.91. The van der Waals surface area contributed by atoms with Gasteiger partial charge in [0.05, 0.1) is 6.42 Å². The zero-order valence-corrected chi connectivity index (χ0v) is 15.1. The first-order valence-corrected chi connectivity index (χ1v) is 9.16. The fraction of sp³-hybridized carbons (Fsp3) is 0.474. The standard InChI is InChI=1S/C19H25N5O2/c1-14(25)21-16-8-6-15(7-9-16)13-19(26)20-11-10-18-23-22-17-5-3-2-4-12-24(17)18/h6-9H,2-5,10-13H2,1H3,(H,20,26)(H,21,25). The molecule has 7 nitrogen and oxygen atoms in total. The van der Waals surface area contributed by atoms with Crippen molar-refractivity contribution in [2.24, 2.45) is 0 Å². The van der Waals surface area contributed by atoms with Gasteiger partial charge in [-0.25, -0.2) is 0 Å². The molecule has 7 heteroatoms. The minimum absolute atomic E-state index is 0.0205. The number of anilines is 1. The summed E-state index contributed by atoms with van der Waals surface area (Å²) in [6.45, 7) is 3.00. The van der Waals surface area contributed by atoms with Gasteiger partial charge in [-0.05, 0) is 30.5 Å².